The van der Waals surface area contributed by atoms with Crippen LogP contribution < -0.4 is 5.32 Å². The molecule has 2 rings (SSSR count). The summed E-state index contributed by atoms with van der Waals surface area (Å²) in [6.45, 7) is 8.07. The van der Waals surface area contributed by atoms with Crippen molar-refractivity contribution >= 4 is 11.6 Å². The second-order valence-corrected chi connectivity index (χ2v) is 5.75. The zero-order valence-corrected chi connectivity index (χ0v) is 12.4. The van der Waals surface area contributed by atoms with Crippen LogP contribution in [-0.4, -0.2) is 15.8 Å². The van der Waals surface area contributed by atoms with Crippen molar-refractivity contribution in [3.05, 3.63) is 16.4 Å². The van der Waals surface area contributed by atoms with Crippen LogP contribution in [0.3, 0.4) is 0 Å². The van der Waals surface area contributed by atoms with Crippen LogP contribution in [0.5, 0.6) is 0 Å². The average Bonchev–Trinajstić information content (AvgIpc) is 2.97. The lowest BCUT2D eigenvalue weighted by atomic mass is 10.00. The van der Waals surface area contributed by atoms with Crippen LogP contribution in [0, 0.1) is 12.8 Å². The molecule has 1 heterocycles. The molecule has 1 saturated carbocycles. The number of aromatic nitrogens is 2. The summed E-state index contributed by atoms with van der Waals surface area (Å²) in [4.78, 5) is 0. The lowest BCUT2D eigenvalue weighted by Crippen LogP contribution is -2.32. The Morgan fingerprint density at radius 2 is 2.11 bits per heavy atom. The summed E-state index contributed by atoms with van der Waals surface area (Å²) < 4.78 is 2.01. The summed E-state index contributed by atoms with van der Waals surface area (Å²) in [5.41, 5.74) is 2.06. The van der Waals surface area contributed by atoms with E-state index in [0.717, 1.165) is 35.4 Å². The molecule has 0 spiro atoms. The van der Waals surface area contributed by atoms with Gasteiger partial charge in [0.25, 0.3) is 0 Å². The molecule has 0 aliphatic heterocycles. The normalized spacial score (nSPS) is 18.4. The second kappa shape index (κ2) is 6.07. The van der Waals surface area contributed by atoms with Crippen molar-refractivity contribution in [2.24, 2.45) is 5.92 Å². The summed E-state index contributed by atoms with van der Waals surface area (Å²) in [5, 5.41) is 8.90. The molecule has 0 bridgehead atoms. The predicted molar refractivity (Wildman–Crippen MR) is 75.9 cm³/mol. The Balaban J connectivity index is 1.96. The Kier molecular flexibility index (Phi) is 4.68. The van der Waals surface area contributed by atoms with E-state index in [4.69, 9.17) is 11.6 Å². The second-order valence-electron chi connectivity index (χ2n) is 5.38. The molecule has 1 fully saturated rings. The number of hydrogen-bond donors (Lipinski definition) is 1. The fraction of sp³-hybridized carbons (Fsp3) is 0.786. The van der Waals surface area contributed by atoms with Gasteiger partial charge in [-0.2, -0.15) is 5.10 Å². The van der Waals surface area contributed by atoms with Gasteiger partial charge >= 0.3 is 0 Å². The van der Waals surface area contributed by atoms with Crippen LogP contribution in [0.1, 0.15) is 50.9 Å². The van der Waals surface area contributed by atoms with Gasteiger partial charge in [0, 0.05) is 19.1 Å². The molecule has 1 aliphatic rings. The number of hydrogen-bond acceptors (Lipinski definition) is 2. The smallest absolute Gasteiger partial charge is 0.0860 e. The molecule has 0 aromatic carbocycles. The van der Waals surface area contributed by atoms with E-state index in [-0.39, 0.29) is 0 Å². The topological polar surface area (TPSA) is 29.9 Å². The minimum absolute atomic E-state index is 0.573. The van der Waals surface area contributed by atoms with E-state index < -0.39 is 0 Å². The Hall–Kier alpha value is -0.540. The Morgan fingerprint density at radius 1 is 1.44 bits per heavy atom. The van der Waals surface area contributed by atoms with E-state index in [1.807, 2.05) is 11.6 Å². The Bertz CT molecular complexity index is 394. The first-order chi connectivity index (χ1) is 8.63. The molecule has 1 aliphatic carbocycles. The lowest BCUT2D eigenvalue weighted by molar-refractivity contribution is 0.375. The highest BCUT2D eigenvalue weighted by Gasteiger charge is 2.22. The third-order valence-electron chi connectivity index (χ3n) is 4.15. The van der Waals surface area contributed by atoms with Gasteiger partial charge in [-0.15, -0.1) is 0 Å². The molecule has 1 unspecified atom stereocenters. The first-order valence-corrected chi connectivity index (χ1v) is 7.46. The van der Waals surface area contributed by atoms with Crippen molar-refractivity contribution in [3.8, 4) is 0 Å². The van der Waals surface area contributed by atoms with Crippen molar-refractivity contribution < 1.29 is 0 Å². The molecule has 18 heavy (non-hydrogen) atoms. The van der Waals surface area contributed by atoms with Gasteiger partial charge in [0.05, 0.1) is 16.4 Å². The van der Waals surface area contributed by atoms with Crippen molar-refractivity contribution in [2.75, 3.05) is 0 Å². The zero-order chi connectivity index (χ0) is 13.1. The molecule has 1 aromatic rings. The molecule has 1 N–H and O–H groups in total. The number of halogens is 1. The monoisotopic (exact) mass is 269 g/mol. The quantitative estimate of drug-likeness (QED) is 0.886. The highest BCUT2D eigenvalue weighted by Crippen LogP contribution is 2.28. The van der Waals surface area contributed by atoms with Crippen LogP contribution in [0.4, 0.5) is 0 Å². The number of nitrogens with zero attached hydrogens (tertiary/aromatic N) is 2. The zero-order valence-electron chi connectivity index (χ0n) is 11.7. The van der Waals surface area contributed by atoms with Crippen LogP contribution in [0.25, 0.3) is 0 Å². The van der Waals surface area contributed by atoms with Crippen LogP contribution in [-0.2, 0) is 13.1 Å². The summed E-state index contributed by atoms with van der Waals surface area (Å²) in [6.07, 6.45) is 5.52. The molecular weight excluding hydrogens is 246 g/mol. The van der Waals surface area contributed by atoms with E-state index in [1.165, 1.54) is 25.7 Å². The SMILES string of the molecule is CCn1nc(C)c(Cl)c1CNC(C)C1CCCC1. The fourth-order valence-corrected chi connectivity index (χ4v) is 3.12. The van der Waals surface area contributed by atoms with Crippen LogP contribution in [0.15, 0.2) is 0 Å². The molecule has 0 amide bonds. The van der Waals surface area contributed by atoms with E-state index >= 15 is 0 Å². The van der Waals surface area contributed by atoms with Gasteiger partial charge in [0.2, 0.25) is 0 Å². The minimum atomic E-state index is 0.573. The molecule has 1 atom stereocenters. The maximum atomic E-state index is 6.31. The van der Waals surface area contributed by atoms with Crippen LogP contribution >= 0.6 is 11.6 Å². The maximum absolute atomic E-state index is 6.31. The molecule has 102 valence electrons. The lowest BCUT2D eigenvalue weighted by Gasteiger charge is -2.20. The third kappa shape index (κ3) is 2.89. The largest absolute Gasteiger partial charge is 0.308 e. The van der Waals surface area contributed by atoms with Crippen molar-refractivity contribution in [2.45, 2.75) is 65.6 Å². The van der Waals surface area contributed by atoms with Gasteiger partial charge in [-0.25, -0.2) is 0 Å². The maximum Gasteiger partial charge on any atom is 0.0860 e. The van der Waals surface area contributed by atoms with E-state index in [9.17, 15) is 0 Å². The van der Waals surface area contributed by atoms with E-state index in [0.29, 0.717) is 6.04 Å². The van der Waals surface area contributed by atoms with Crippen molar-refractivity contribution in [1.82, 2.24) is 15.1 Å². The van der Waals surface area contributed by atoms with E-state index in [1.54, 1.807) is 0 Å². The standard InChI is InChI=1S/C14H24ClN3/c1-4-18-13(14(15)11(3)17-18)9-16-10(2)12-7-5-6-8-12/h10,12,16H,4-9H2,1-3H3. The number of aryl methyl sites for hydroxylation is 2. The molecule has 3 nitrogen and oxygen atoms in total. The molecule has 0 saturated heterocycles. The van der Waals surface area contributed by atoms with Gasteiger partial charge in [-0.1, -0.05) is 24.4 Å². The number of rotatable bonds is 5. The Morgan fingerprint density at radius 3 is 2.72 bits per heavy atom. The van der Waals surface area contributed by atoms with Gasteiger partial charge in [-0.05, 0) is 39.5 Å². The Labute approximate surface area is 115 Å². The first kappa shape index (κ1) is 13.9. The van der Waals surface area contributed by atoms with Crippen molar-refractivity contribution in [1.29, 1.82) is 0 Å². The summed E-state index contributed by atoms with van der Waals surface area (Å²) in [7, 11) is 0. The van der Waals surface area contributed by atoms with Gasteiger partial charge in [0.1, 0.15) is 0 Å². The summed E-state index contributed by atoms with van der Waals surface area (Å²) >= 11 is 6.31. The van der Waals surface area contributed by atoms with E-state index in [2.05, 4.69) is 24.3 Å². The highest BCUT2D eigenvalue weighted by molar-refractivity contribution is 6.31. The first-order valence-electron chi connectivity index (χ1n) is 7.08. The molecule has 1 aromatic heterocycles. The molecular formula is C14H24ClN3. The molecule has 0 radical (unpaired) electrons. The summed E-state index contributed by atoms with van der Waals surface area (Å²) in [6, 6.07) is 0.573. The molecule has 4 heteroatoms. The van der Waals surface area contributed by atoms with Gasteiger partial charge in [0.15, 0.2) is 0 Å². The summed E-state index contributed by atoms with van der Waals surface area (Å²) in [5.74, 6) is 0.836. The van der Waals surface area contributed by atoms with Crippen LogP contribution in [0.2, 0.25) is 5.02 Å². The van der Waals surface area contributed by atoms with Gasteiger partial charge < -0.3 is 5.32 Å². The predicted octanol–water partition coefficient (Wildman–Crippen LogP) is 3.53. The van der Waals surface area contributed by atoms with Gasteiger partial charge in [-0.3, -0.25) is 4.68 Å². The fourth-order valence-electron chi connectivity index (χ4n) is 2.92. The van der Waals surface area contributed by atoms with Crippen molar-refractivity contribution in [3.63, 3.8) is 0 Å². The minimum Gasteiger partial charge on any atom is -0.308 e. The number of nitrogens with one attached hydrogen (secondary N) is 1. The highest BCUT2D eigenvalue weighted by atomic mass is 35.5. The third-order valence-corrected chi connectivity index (χ3v) is 4.64. The average molecular weight is 270 g/mol.